The summed E-state index contributed by atoms with van der Waals surface area (Å²) in [5.41, 5.74) is 5.10. The lowest BCUT2D eigenvalue weighted by Gasteiger charge is -2.26. The van der Waals surface area contributed by atoms with Crippen LogP contribution in [0.2, 0.25) is 0 Å². The Kier molecular flexibility index (Phi) is 4.58. The summed E-state index contributed by atoms with van der Waals surface area (Å²) >= 11 is 0. The van der Waals surface area contributed by atoms with Crippen molar-refractivity contribution in [1.82, 2.24) is 5.32 Å². The van der Waals surface area contributed by atoms with Gasteiger partial charge in [0, 0.05) is 0 Å². The van der Waals surface area contributed by atoms with Gasteiger partial charge in [-0.2, -0.15) is 0 Å². The number of hydrogen-bond donors (Lipinski definition) is 1. The largest absolute Gasteiger partial charge is 0.497 e. The molecular weight excluding hydrogens is 326 g/mol. The highest BCUT2D eigenvalue weighted by Crippen LogP contribution is 2.31. The first-order valence-electron chi connectivity index (χ1n) is 9.36. The van der Waals surface area contributed by atoms with E-state index in [0.717, 1.165) is 23.5 Å². The Morgan fingerprint density at radius 1 is 1.15 bits per heavy atom. The molecule has 2 unspecified atom stereocenters. The number of nitrogens with one attached hydrogen (secondary N) is 1. The maximum Gasteiger partial charge on any atom is 0.227 e. The first kappa shape index (κ1) is 17.0. The summed E-state index contributed by atoms with van der Waals surface area (Å²) in [4.78, 5) is 12.8. The van der Waals surface area contributed by atoms with Gasteiger partial charge in [-0.15, -0.1) is 0 Å². The monoisotopic (exact) mass is 351 g/mol. The second-order valence-corrected chi connectivity index (χ2v) is 7.30. The zero-order valence-electron chi connectivity index (χ0n) is 15.4. The summed E-state index contributed by atoms with van der Waals surface area (Å²) in [6.07, 6.45) is 4.24. The molecular formula is C22H25NO3. The molecule has 2 aliphatic rings. The number of ether oxygens (including phenoxy) is 2. The van der Waals surface area contributed by atoms with Crippen LogP contribution < -0.4 is 14.8 Å². The van der Waals surface area contributed by atoms with Gasteiger partial charge in [0.05, 0.1) is 19.1 Å². The van der Waals surface area contributed by atoms with E-state index in [2.05, 4.69) is 30.4 Å². The molecule has 2 aromatic carbocycles. The molecule has 4 nitrogen and oxygen atoms in total. The van der Waals surface area contributed by atoms with Crippen molar-refractivity contribution in [2.75, 3.05) is 13.7 Å². The summed E-state index contributed by atoms with van der Waals surface area (Å²) in [5, 5.41) is 3.17. The molecule has 1 aliphatic heterocycles. The molecule has 2 atom stereocenters. The van der Waals surface area contributed by atoms with Crippen molar-refractivity contribution in [1.29, 1.82) is 0 Å². The molecule has 0 radical (unpaired) electrons. The summed E-state index contributed by atoms with van der Waals surface area (Å²) in [6.45, 7) is 2.47. The molecule has 0 aromatic heterocycles. The highest BCUT2D eigenvalue weighted by Gasteiger charge is 2.27. The predicted molar refractivity (Wildman–Crippen MR) is 101 cm³/mol. The van der Waals surface area contributed by atoms with E-state index in [4.69, 9.17) is 9.47 Å². The molecule has 2 aromatic rings. The van der Waals surface area contributed by atoms with Crippen molar-refractivity contribution >= 4 is 5.91 Å². The van der Waals surface area contributed by atoms with Gasteiger partial charge in [-0.1, -0.05) is 18.2 Å². The number of aryl methyl sites for hydroxylation is 2. The van der Waals surface area contributed by atoms with Gasteiger partial charge in [0.15, 0.2) is 0 Å². The molecule has 1 aliphatic carbocycles. The average Bonchev–Trinajstić information content (AvgIpc) is 3.14. The van der Waals surface area contributed by atoms with E-state index in [-0.39, 0.29) is 17.9 Å². The van der Waals surface area contributed by atoms with Gasteiger partial charge in [-0.05, 0) is 73.1 Å². The Bertz CT molecular complexity index is 830. The third-order valence-electron chi connectivity index (χ3n) is 5.53. The van der Waals surface area contributed by atoms with Gasteiger partial charge in [-0.25, -0.2) is 0 Å². The lowest BCUT2D eigenvalue weighted by Crippen LogP contribution is -2.38. The molecule has 1 amide bonds. The molecule has 1 heterocycles. The van der Waals surface area contributed by atoms with Crippen molar-refractivity contribution in [3.8, 4) is 11.5 Å². The number of hydrogen-bond acceptors (Lipinski definition) is 3. The van der Waals surface area contributed by atoms with Gasteiger partial charge in [-0.3, -0.25) is 4.79 Å². The molecule has 26 heavy (non-hydrogen) atoms. The van der Waals surface area contributed by atoms with Crippen LogP contribution in [0, 0.1) is 5.92 Å². The number of carbonyl (C=O) groups is 1. The minimum Gasteiger partial charge on any atom is -0.497 e. The van der Waals surface area contributed by atoms with Crippen molar-refractivity contribution < 1.29 is 14.3 Å². The van der Waals surface area contributed by atoms with Crippen molar-refractivity contribution in [3.63, 3.8) is 0 Å². The van der Waals surface area contributed by atoms with Crippen LogP contribution in [0.3, 0.4) is 0 Å². The van der Waals surface area contributed by atoms with E-state index in [1.165, 1.54) is 29.5 Å². The second kappa shape index (κ2) is 7.02. The van der Waals surface area contributed by atoms with Gasteiger partial charge < -0.3 is 14.8 Å². The standard InChI is InChI=1S/C22H25NO3/c1-14(16-7-6-15-4-3-5-17(15)10-16)23-22(24)19-11-18-12-20(25-2)8-9-21(18)26-13-19/h6-10,12,14,19H,3-5,11,13H2,1-2H3,(H,23,24). The Morgan fingerprint density at radius 3 is 2.85 bits per heavy atom. The van der Waals surface area contributed by atoms with Crippen molar-refractivity contribution in [2.24, 2.45) is 5.92 Å². The topological polar surface area (TPSA) is 47.6 Å². The predicted octanol–water partition coefficient (Wildman–Crippen LogP) is 3.61. The smallest absolute Gasteiger partial charge is 0.227 e. The van der Waals surface area contributed by atoms with Crippen LogP contribution in [0.1, 0.15) is 41.6 Å². The van der Waals surface area contributed by atoms with Gasteiger partial charge in [0.25, 0.3) is 0 Å². The zero-order valence-corrected chi connectivity index (χ0v) is 15.4. The quantitative estimate of drug-likeness (QED) is 0.915. The fourth-order valence-electron chi connectivity index (χ4n) is 3.94. The van der Waals surface area contributed by atoms with E-state index >= 15 is 0 Å². The maximum atomic E-state index is 12.8. The summed E-state index contributed by atoms with van der Waals surface area (Å²) < 4.78 is 11.1. The normalized spacial score (nSPS) is 19.1. The average molecular weight is 351 g/mol. The fraction of sp³-hybridized carbons (Fsp3) is 0.409. The summed E-state index contributed by atoms with van der Waals surface area (Å²) in [5.74, 6) is 1.51. The second-order valence-electron chi connectivity index (χ2n) is 7.30. The molecule has 0 bridgehead atoms. The molecule has 0 saturated carbocycles. The lowest BCUT2D eigenvalue weighted by molar-refractivity contribution is -0.126. The van der Waals surface area contributed by atoms with E-state index in [9.17, 15) is 4.79 Å². The summed E-state index contributed by atoms with van der Waals surface area (Å²) in [7, 11) is 1.65. The lowest BCUT2D eigenvalue weighted by atomic mass is 9.95. The number of methoxy groups -OCH3 is 1. The van der Waals surface area contributed by atoms with E-state index in [0.29, 0.717) is 13.0 Å². The molecule has 4 rings (SSSR count). The van der Waals surface area contributed by atoms with E-state index in [1.54, 1.807) is 7.11 Å². The SMILES string of the molecule is COc1ccc2c(c1)CC(C(=O)NC(C)c1ccc3c(c1)CCC3)CO2. The number of benzene rings is 2. The number of carbonyl (C=O) groups excluding carboxylic acids is 1. The third kappa shape index (κ3) is 3.28. The Morgan fingerprint density at radius 2 is 2.00 bits per heavy atom. The van der Waals surface area contributed by atoms with Crippen LogP contribution in [0.15, 0.2) is 36.4 Å². The van der Waals surface area contributed by atoms with Crippen molar-refractivity contribution in [3.05, 3.63) is 58.7 Å². The molecule has 0 saturated heterocycles. The number of amides is 1. The number of rotatable bonds is 4. The maximum absolute atomic E-state index is 12.8. The van der Waals surface area contributed by atoms with Crippen LogP contribution in [-0.2, 0) is 24.1 Å². The van der Waals surface area contributed by atoms with Gasteiger partial charge in [0.2, 0.25) is 5.91 Å². The molecule has 0 fully saturated rings. The Hall–Kier alpha value is -2.49. The van der Waals surface area contributed by atoms with Crippen LogP contribution in [-0.4, -0.2) is 19.6 Å². The zero-order chi connectivity index (χ0) is 18.1. The molecule has 0 spiro atoms. The Balaban J connectivity index is 1.43. The van der Waals surface area contributed by atoms with E-state index < -0.39 is 0 Å². The Labute approximate surface area is 154 Å². The van der Waals surface area contributed by atoms with Gasteiger partial charge >= 0.3 is 0 Å². The molecule has 1 N–H and O–H groups in total. The fourth-order valence-corrected chi connectivity index (χ4v) is 3.94. The number of fused-ring (bicyclic) bond motifs is 2. The van der Waals surface area contributed by atoms with E-state index in [1.807, 2.05) is 18.2 Å². The summed E-state index contributed by atoms with van der Waals surface area (Å²) in [6, 6.07) is 12.4. The minimum absolute atomic E-state index is 0.0000985. The molecule has 4 heteroatoms. The molecule has 136 valence electrons. The third-order valence-corrected chi connectivity index (χ3v) is 5.53. The van der Waals surface area contributed by atoms with Crippen LogP contribution >= 0.6 is 0 Å². The first-order valence-corrected chi connectivity index (χ1v) is 9.36. The first-order chi connectivity index (χ1) is 12.6. The van der Waals surface area contributed by atoms with Crippen LogP contribution in [0.5, 0.6) is 11.5 Å². The van der Waals surface area contributed by atoms with Crippen LogP contribution in [0.25, 0.3) is 0 Å². The highest BCUT2D eigenvalue weighted by atomic mass is 16.5. The van der Waals surface area contributed by atoms with Gasteiger partial charge in [0.1, 0.15) is 18.1 Å². The van der Waals surface area contributed by atoms with Crippen LogP contribution in [0.4, 0.5) is 0 Å². The highest BCUT2D eigenvalue weighted by molar-refractivity contribution is 5.80. The van der Waals surface area contributed by atoms with Crippen molar-refractivity contribution in [2.45, 2.75) is 38.6 Å². The minimum atomic E-state index is -0.175.